The van der Waals surface area contributed by atoms with E-state index in [9.17, 15) is 4.79 Å². The van der Waals surface area contributed by atoms with E-state index in [2.05, 4.69) is 10.3 Å². The van der Waals surface area contributed by atoms with E-state index < -0.39 is 0 Å². The zero-order valence-corrected chi connectivity index (χ0v) is 11.3. The third kappa shape index (κ3) is 4.21. The molecule has 0 radical (unpaired) electrons. The van der Waals surface area contributed by atoms with E-state index >= 15 is 0 Å². The summed E-state index contributed by atoms with van der Waals surface area (Å²) in [6.45, 7) is 4.14. The van der Waals surface area contributed by atoms with Gasteiger partial charge >= 0.3 is 6.03 Å². The Morgan fingerprint density at radius 2 is 2.32 bits per heavy atom. The monoisotopic (exact) mass is 263 g/mol. The van der Waals surface area contributed by atoms with Gasteiger partial charge in [-0.25, -0.2) is 4.79 Å². The number of nitrogens with one attached hydrogen (secondary N) is 1. The predicted molar refractivity (Wildman–Crippen MR) is 72.7 cm³/mol. The quantitative estimate of drug-likeness (QED) is 0.881. The fraction of sp³-hybridized carbons (Fsp3) is 0.571. The van der Waals surface area contributed by atoms with E-state index in [1.54, 1.807) is 12.4 Å². The Balaban J connectivity index is 1.80. The van der Waals surface area contributed by atoms with Crippen LogP contribution in [0.1, 0.15) is 25.3 Å². The molecule has 5 heteroatoms. The molecule has 0 aliphatic carbocycles. The highest BCUT2D eigenvalue weighted by molar-refractivity contribution is 5.74. The number of urea groups is 1. The Morgan fingerprint density at radius 3 is 2.95 bits per heavy atom. The number of carbonyl (C=O) groups is 1. The molecule has 1 N–H and O–H groups in total. The van der Waals surface area contributed by atoms with Gasteiger partial charge < -0.3 is 15.0 Å². The Kier molecular flexibility index (Phi) is 5.15. The molecule has 19 heavy (non-hydrogen) atoms. The number of carbonyl (C=O) groups excluding carboxylic acids is 1. The van der Waals surface area contributed by atoms with Crippen molar-refractivity contribution in [3.05, 3.63) is 30.1 Å². The SMILES string of the molecule is CCN(CCc1ccncc1)C(=O)NC1CCCO1. The third-order valence-electron chi connectivity index (χ3n) is 3.30. The standard InChI is InChI=1S/C14H21N3O2/c1-2-17(10-7-12-5-8-15-9-6-12)14(18)16-13-4-3-11-19-13/h5-6,8-9,13H,2-4,7,10-11H2,1H3,(H,16,18). The van der Waals surface area contributed by atoms with Gasteiger partial charge in [-0.15, -0.1) is 0 Å². The van der Waals surface area contributed by atoms with Gasteiger partial charge in [-0.1, -0.05) is 0 Å². The number of ether oxygens (including phenoxy) is 1. The first kappa shape index (κ1) is 13.8. The van der Waals surface area contributed by atoms with Crippen LogP contribution in [-0.4, -0.2) is 41.8 Å². The highest BCUT2D eigenvalue weighted by atomic mass is 16.5. The molecule has 0 bridgehead atoms. The summed E-state index contributed by atoms with van der Waals surface area (Å²) in [4.78, 5) is 17.9. The summed E-state index contributed by atoms with van der Waals surface area (Å²) in [6.07, 6.45) is 6.22. The first-order chi connectivity index (χ1) is 9.29. The fourth-order valence-corrected chi connectivity index (χ4v) is 2.14. The number of aromatic nitrogens is 1. The predicted octanol–water partition coefficient (Wildman–Crippen LogP) is 1.79. The van der Waals surface area contributed by atoms with Crippen molar-refractivity contribution in [2.45, 2.75) is 32.4 Å². The van der Waals surface area contributed by atoms with E-state index in [-0.39, 0.29) is 12.3 Å². The second kappa shape index (κ2) is 7.09. The van der Waals surface area contributed by atoms with Gasteiger partial charge in [0.05, 0.1) is 0 Å². The molecule has 1 aliphatic rings. The van der Waals surface area contributed by atoms with Crippen molar-refractivity contribution in [3.63, 3.8) is 0 Å². The molecular weight excluding hydrogens is 242 g/mol. The van der Waals surface area contributed by atoms with Gasteiger partial charge in [-0.2, -0.15) is 0 Å². The average Bonchev–Trinajstić information content (AvgIpc) is 2.93. The third-order valence-corrected chi connectivity index (χ3v) is 3.30. The van der Waals surface area contributed by atoms with Gasteiger partial charge in [-0.05, 0) is 43.9 Å². The van der Waals surface area contributed by atoms with Crippen molar-refractivity contribution < 1.29 is 9.53 Å². The molecule has 0 saturated carbocycles. The minimum Gasteiger partial charge on any atom is -0.358 e. The van der Waals surface area contributed by atoms with Gasteiger partial charge in [0.2, 0.25) is 0 Å². The molecule has 2 rings (SSSR count). The lowest BCUT2D eigenvalue weighted by molar-refractivity contribution is 0.0840. The highest BCUT2D eigenvalue weighted by Crippen LogP contribution is 2.09. The lowest BCUT2D eigenvalue weighted by Gasteiger charge is -2.23. The molecule has 1 aromatic rings. The lowest BCUT2D eigenvalue weighted by Crippen LogP contribution is -2.45. The zero-order valence-electron chi connectivity index (χ0n) is 11.3. The van der Waals surface area contributed by atoms with Gasteiger partial charge in [0.15, 0.2) is 0 Å². The fourth-order valence-electron chi connectivity index (χ4n) is 2.14. The molecule has 1 unspecified atom stereocenters. The Labute approximate surface area is 114 Å². The van der Waals surface area contributed by atoms with Crippen LogP contribution in [0.25, 0.3) is 0 Å². The Morgan fingerprint density at radius 1 is 1.53 bits per heavy atom. The average molecular weight is 263 g/mol. The summed E-state index contributed by atoms with van der Waals surface area (Å²) < 4.78 is 5.41. The summed E-state index contributed by atoms with van der Waals surface area (Å²) in [5.74, 6) is 0. The van der Waals surface area contributed by atoms with Gasteiger partial charge in [0, 0.05) is 32.1 Å². The van der Waals surface area contributed by atoms with Crippen LogP contribution in [0.5, 0.6) is 0 Å². The molecule has 1 aromatic heterocycles. The van der Waals surface area contributed by atoms with E-state index in [4.69, 9.17) is 4.74 Å². The first-order valence-corrected chi connectivity index (χ1v) is 6.85. The Bertz CT molecular complexity index is 391. The number of likely N-dealkylation sites (N-methyl/N-ethyl adjacent to an activating group) is 1. The summed E-state index contributed by atoms with van der Waals surface area (Å²) in [6, 6.07) is 3.92. The molecule has 1 saturated heterocycles. The van der Waals surface area contributed by atoms with E-state index in [0.717, 1.165) is 25.9 Å². The second-order valence-electron chi connectivity index (χ2n) is 4.64. The number of amides is 2. The molecule has 0 spiro atoms. The van der Waals surface area contributed by atoms with E-state index in [1.807, 2.05) is 24.0 Å². The molecule has 5 nitrogen and oxygen atoms in total. The number of hydrogen-bond donors (Lipinski definition) is 1. The number of nitrogens with zero attached hydrogens (tertiary/aromatic N) is 2. The van der Waals surface area contributed by atoms with Crippen molar-refractivity contribution >= 4 is 6.03 Å². The van der Waals surface area contributed by atoms with Gasteiger partial charge in [-0.3, -0.25) is 4.98 Å². The highest BCUT2D eigenvalue weighted by Gasteiger charge is 2.20. The van der Waals surface area contributed by atoms with E-state index in [1.165, 1.54) is 5.56 Å². The Hall–Kier alpha value is -1.62. The van der Waals surface area contributed by atoms with Crippen molar-refractivity contribution in [2.75, 3.05) is 19.7 Å². The maximum Gasteiger partial charge on any atom is 0.319 e. The second-order valence-corrected chi connectivity index (χ2v) is 4.64. The van der Waals surface area contributed by atoms with Crippen LogP contribution in [0.2, 0.25) is 0 Å². The minimum atomic E-state index is -0.109. The van der Waals surface area contributed by atoms with E-state index in [0.29, 0.717) is 13.1 Å². The first-order valence-electron chi connectivity index (χ1n) is 6.85. The van der Waals surface area contributed by atoms with Crippen molar-refractivity contribution in [2.24, 2.45) is 0 Å². The van der Waals surface area contributed by atoms with Gasteiger partial charge in [0.1, 0.15) is 6.23 Å². The van der Waals surface area contributed by atoms with Crippen molar-refractivity contribution in [1.29, 1.82) is 0 Å². The van der Waals surface area contributed by atoms with Crippen LogP contribution >= 0.6 is 0 Å². The minimum absolute atomic E-state index is 0.0385. The molecular formula is C14H21N3O2. The molecule has 1 atom stereocenters. The maximum absolute atomic E-state index is 12.1. The van der Waals surface area contributed by atoms with Crippen molar-refractivity contribution in [3.8, 4) is 0 Å². The lowest BCUT2D eigenvalue weighted by atomic mass is 10.2. The van der Waals surface area contributed by atoms with Crippen LogP contribution < -0.4 is 5.32 Å². The van der Waals surface area contributed by atoms with Crippen LogP contribution in [0.3, 0.4) is 0 Å². The topological polar surface area (TPSA) is 54.5 Å². The summed E-state index contributed by atoms with van der Waals surface area (Å²) in [5.41, 5.74) is 1.19. The van der Waals surface area contributed by atoms with Crippen LogP contribution in [0.4, 0.5) is 4.79 Å². The number of pyridine rings is 1. The largest absolute Gasteiger partial charge is 0.358 e. The molecule has 0 aromatic carbocycles. The molecule has 2 heterocycles. The summed E-state index contributed by atoms with van der Waals surface area (Å²) in [7, 11) is 0. The summed E-state index contributed by atoms with van der Waals surface area (Å²) in [5, 5.41) is 2.92. The van der Waals surface area contributed by atoms with Crippen molar-refractivity contribution in [1.82, 2.24) is 15.2 Å². The van der Waals surface area contributed by atoms with Crippen LogP contribution in [0, 0.1) is 0 Å². The molecule has 2 amide bonds. The number of hydrogen-bond acceptors (Lipinski definition) is 3. The summed E-state index contributed by atoms with van der Waals surface area (Å²) >= 11 is 0. The smallest absolute Gasteiger partial charge is 0.319 e. The van der Waals surface area contributed by atoms with Crippen LogP contribution in [0.15, 0.2) is 24.5 Å². The normalized spacial score (nSPS) is 18.3. The van der Waals surface area contributed by atoms with Crippen LogP contribution in [-0.2, 0) is 11.2 Å². The van der Waals surface area contributed by atoms with Gasteiger partial charge in [0.25, 0.3) is 0 Å². The molecule has 1 fully saturated rings. The zero-order chi connectivity index (χ0) is 13.5. The molecule has 1 aliphatic heterocycles. The number of rotatable bonds is 5. The maximum atomic E-state index is 12.1. The molecule has 104 valence electrons.